The van der Waals surface area contributed by atoms with Crippen LogP contribution in [0.15, 0.2) is 53.0 Å². The molecule has 1 fully saturated rings. The van der Waals surface area contributed by atoms with Gasteiger partial charge < -0.3 is 15.1 Å². The first-order chi connectivity index (χ1) is 12.5. The highest BCUT2D eigenvalue weighted by atomic mass is 79.9. The van der Waals surface area contributed by atoms with Crippen molar-refractivity contribution in [2.45, 2.75) is 13.0 Å². The van der Waals surface area contributed by atoms with Crippen molar-refractivity contribution in [3.8, 4) is 0 Å². The number of amides is 1. The van der Waals surface area contributed by atoms with E-state index in [1.807, 2.05) is 43.3 Å². The van der Waals surface area contributed by atoms with E-state index in [-0.39, 0.29) is 17.8 Å². The van der Waals surface area contributed by atoms with Crippen molar-refractivity contribution in [3.05, 3.63) is 64.4 Å². The maximum absolute atomic E-state index is 13.0. The van der Waals surface area contributed by atoms with Gasteiger partial charge in [-0.2, -0.15) is 0 Å². The Bertz CT molecular complexity index is 728. The lowest BCUT2D eigenvalue weighted by Crippen LogP contribution is -3.15. The third-order valence-corrected chi connectivity index (χ3v) is 5.35. The van der Waals surface area contributed by atoms with Gasteiger partial charge in [-0.15, -0.1) is 0 Å². The highest BCUT2D eigenvalue weighted by Crippen LogP contribution is 2.16. The predicted molar refractivity (Wildman–Crippen MR) is 105 cm³/mol. The van der Waals surface area contributed by atoms with E-state index in [0.717, 1.165) is 41.9 Å². The summed E-state index contributed by atoms with van der Waals surface area (Å²) in [6.07, 6.45) is 0. The molecule has 1 atom stereocenters. The zero-order valence-corrected chi connectivity index (χ0v) is 16.4. The van der Waals surface area contributed by atoms with Gasteiger partial charge in [0, 0.05) is 10.2 Å². The fraction of sp³-hybridized carbons (Fsp3) is 0.350. The number of rotatable bonds is 5. The second-order valence-electron chi connectivity index (χ2n) is 6.73. The molecular weight excluding hydrogens is 397 g/mol. The van der Waals surface area contributed by atoms with E-state index in [4.69, 9.17) is 0 Å². The Labute approximate surface area is 162 Å². The quantitative estimate of drug-likeness (QED) is 0.777. The van der Waals surface area contributed by atoms with Crippen LogP contribution in [0.3, 0.4) is 0 Å². The maximum atomic E-state index is 13.0. The molecule has 4 nitrogen and oxygen atoms in total. The van der Waals surface area contributed by atoms with E-state index in [2.05, 4.69) is 26.1 Å². The third-order valence-electron chi connectivity index (χ3n) is 4.82. The summed E-state index contributed by atoms with van der Waals surface area (Å²) >= 11 is 3.42. The Morgan fingerprint density at radius 3 is 2.38 bits per heavy atom. The summed E-state index contributed by atoms with van der Waals surface area (Å²) in [4.78, 5) is 15.9. The third kappa shape index (κ3) is 5.05. The van der Waals surface area contributed by atoms with Crippen LogP contribution in [0.5, 0.6) is 0 Å². The van der Waals surface area contributed by atoms with Gasteiger partial charge >= 0.3 is 0 Å². The fourth-order valence-corrected chi connectivity index (χ4v) is 3.53. The van der Waals surface area contributed by atoms with Crippen LogP contribution in [0.2, 0.25) is 0 Å². The first kappa shape index (κ1) is 18.9. The van der Waals surface area contributed by atoms with Gasteiger partial charge in [-0.25, -0.2) is 4.39 Å². The van der Waals surface area contributed by atoms with Crippen molar-refractivity contribution >= 4 is 27.5 Å². The summed E-state index contributed by atoms with van der Waals surface area (Å²) in [6, 6.07) is 14.6. The first-order valence-electron chi connectivity index (χ1n) is 8.90. The van der Waals surface area contributed by atoms with E-state index in [9.17, 15) is 9.18 Å². The van der Waals surface area contributed by atoms with Crippen molar-refractivity contribution in [3.63, 3.8) is 0 Å². The standard InChI is InChI=1S/C20H23BrFN3O/c1-15(16-2-4-17(21)5-3-16)23-20(26)14-24-10-12-25(13-11-24)19-8-6-18(22)7-9-19/h2-9,15H,10-14H2,1H3,(H,23,26)/p+1/t15-/m0/s1. The molecule has 0 aliphatic carbocycles. The minimum absolute atomic E-state index is 0.00416. The Morgan fingerprint density at radius 2 is 1.77 bits per heavy atom. The van der Waals surface area contributed by atoms with Crippen LogP contribution in [0.4, 0.5) is 10.1 Å². The molecule has 2 aromatic carbocycles. The summed E-state index contributed by atoms with van der Waals surface area (Å²) in [5.74, 6) is -0.139. The number of anilines is 1. The number of piperazine rings is 1. The molecule has 0 bridgehead atoms. The van der Waals surface area contributed by atoms with Crippen LogP contribution >= 0.6 is 15.9 Å². The smallest absolute Gasteiger partial charge is 0.275 e. The second kappa shape index (κ2) is 8.64. The van der Waals surface area contributed by atoms with Crippen LogP contribution < -0.4 is 15.1 Å². The van der Waals surface area contributed by atoms with Crippen molar-refractivity contribution in [2.75, 3.05) is 37.6 Å². The summed E-state index contributed by atoms with van der Waals surface area (Å²) in [5, 5.41) is 3.08. The van der Waals surface area contributed by atoms with E-state index < -0.39 is 0 Å². The van der Waals surface area contributed by atoms with Gasteiger partial charge in [-0.1, -0.05) is 28.1 Å². The zero-order chi connectivity index (χ0) is 18.5. The normalized spacial score (nSPS) is 16.3. The monoisotopic (exact) mass is 420 g/mol. The molecule has 1 amide bonds. The van der Waals surface area contributed by atoms with Crippen LogP contribution in [0.1, 0.15) is 18.5 Å². The van der Waals surface area contributed by atoms with Crippen LogP contribution in [-0.4, -0.2) is 38.6 Å². The number of carbonyl (C=O) groups excluding carboxylic acids is 1. The lowest BCUT2D eigenvalue weighted by atomic mass is 10.1. The Kier molecular flexibility index (Phi) is 6.27. The topological polar surface area (TPSA) is 36.8 Å². The molecule has 1 aliphatic rings. The summed E-state index contributed by atoms with van der Waals surface area (Å²) in [7, 11) is 0. The predicted octanol–water partition coefficient (Wildman–Crippen LogP) is 2.17. The van der Waals surface area contributed by atoms with Gasteiger partial charge in [0.2, 0.25) is 0 Å². The van der Waals surface area contributed by atoms with E-state index in [1.165, 1.54) is 17.0 Å². The molecule has 0 unspecified atom stereocenters. The molecule has 3 rings (SSSR count). The second-order valence-corrected chi connectivity index (χ2v) is 7.65. The van der Waals surface area contributed by atoms with E-state index in [0.29, 0.717) is 6.54 Å². The van der Waals surface area contributed by atoms with Crippen molar-refractivity contribution in [2.24, 2.45) is 0 Å². The molecule has 2 aromatic rings. The van der Waals surface area contributed by atoms with E-state index >= 15 is 0 Å². The molecule has 0 aromatic heterocycles. The number of halogens is 2. The molecule has 1 heterocycles. The van der Waals surface area contributed by atoms with Crippen molar-refractivity contribution in [1.29, 1.82) is 0 Å². The van der Waals surface area contributed by atoms with Crippen molar-refractivity contribution in [1.82, 2.24) is 5.32 Å². The highest BCUT2D eigenvalue weighted by Gasteiger charge is 2.23. The van der Waals surface area contributed by atoms with Crippen LogP contribution in [0.25, 0.3) is 0 Å². The summed E-state index contributed by atoms with van der Waals surface area (Å²) < 4.78 is 14.1. The van der Waals surface area contributed by atoms with Gasteiger partial charge in [0.1, 0.15) is 5.82 Å². The molecule has 2 N–H and O–H groups in total. The fourth-order valence-electron chi connectivity index (χ4n) is 3.26. The number of hydrogen-bond donors (Lipinski definition) is 2. The number of nitrogens with zero attached hydrogens (tertiary/aromatic N) is 1. The maximum Gasteiger partial charge on any atom is 0.275 e. The van der Waals surface area contributed by atoms with Crippen LogP contribution in [0, 0.1) is 5.82 Å². The summed E-state index contributed by atoms with van der Waals surface area (Å²) in [6.45, 7) is 6.03. The molecule has 1 aliphatic heterocycles. The number of nitrogens with one attached hydrogen (secondary N) is 2. The molecule has 0 radical (unpaired) electrons. The van der Waals surface area contributed by atoms with Crippen molar-refractivity contribution < 1.29 is 14.1 Å². The van der Waals surface area contributed by atoms with Gasteiger partial charge in [-0.3, -0.25) is 4.79 Å². The average Bonchev–Trinajstić information content (AvgIpc) is 2.63. The van der Waals surface area contributed by atoms with Gasteiger partial charge in [-0.05, 0) is 48.9 Å². The zero-order valence-electron chi connectivity index (χ0n) is 14.8. The number of quaternary nitrogens is 1. The molecular formula is C20H24BrFN3O+. The minimum Gasteiger partial charge on any atom is -0.360 e. The minimum atomic E-state index is -0.213. The lowest BCUT2D eigenvalue weighted by molar-refractivity contribution is -0.892. The van der Waals surface area contributed by atoms with E-state index in [1.54, 1.807) is 0 Å². The SMILES string of the molecule is C[C@H](NC(=O)C[NH+]1CCN(c2ccc(F)cc2)CC1)c1ccc(Br)cc1. The lowest BCUT2D eigenvalue weighted by Gasteiger charge is -2.33. The van der Waals surface area contributed by atoms with Gasteiger partial charge in [0.05, 0.1) is 32.2 Å². The molecule has 26 heavy (non-hydrogen) atoms. The Balaban J connectivity index is 1.45. The van der Waals surface area contributed by atoms with Gasteiger partial charge in [0.15, 0.2) is 6.54 Å². The highest BCUT2D eigenvalue weighted by molar-refractivity contribution is 9.10. The molecule has 6 heteroatoms. The molecule has 0 spiro atoms. The summed E-state index contributed by atoms with van der Waals surface area (Å²) in [5.41, 5.74) is 2.14. The first-order valence-corrected chi connectivity index (χ1v) is 9.69. The average molecular weight is 421 g/mol. The largest absolute Gasteiger partial charge is 0.360 e. The number of benzene rings is 2. The molecule has 1 saturated heterocycles. The Morgan fingerprint density at radius 1 is 1.15 bits per heavy atom. The number of hydrogen-bond acceptors (Lipinski definition) is 2. The number of carbonyl (C=O) groups is 1. The molecule has 138 valence electrons. The van der Waals surface area contributed by atoms with Gasteiger partial charge in [0.25, 0.3) is 5.91 Å². The van der Waals surface area contributed by atoms with Crippen LogP contribution in [-0.2, 0) is 4.79 Å². The Hall–Kier alpha value is -1.92. The molecule has 0 saturated carbocycles.